The van der Waals surface area contributed by atoms with Crippen molar-refractivity contribution in [3.05, 3.63) is 0 Å². The molecule has 30 heavy (non-hydrogen) atoms. The van der Waals surface area contributed by atoms with E-state index in [4.69, 9.17) is 9.57 Å². The molecule has 0 aromatic heterocycles. The van der Waals surface area contributed by atoms with Crippen molar-refractivity contribution in [2.24, 2.45) is 5.92 Å². The maximum absolute atomic E-state index is 13.2. The zero-order valence-electron chi connectivity index (χ0n) is 19.0. The number of hydrogen-bond acceptors (Lipinski definition) is 6. The third-order valence-corrected chi connectivity index (χ3v) is 6.60. The Kier molecular flexibility index (Phi) is 8.67. The number of amides is 2. The maximum atomic E-state index is 13.2. The highest BCUT2D eigenvalue weighted by atomic mass is 32.2. The van der Waals surface area contributed by atoms with Gasteiger partial charge in [-0.25, -0.2) is 8.42 Å². The Morgan fingerprint density at radius 1 is 1.10 bits per heavy atom. The molecular formula is C20H37N3O6S. The van der Waals surface area contributed by atoms with E-state index >= 15 is 0 Å². The lowest BCUT2D eigenvalue weighted by atomic mass is 9.97. The standard InChI is InChI=1S/C18H31N3O6S.C2H6/c1-5-14-17(22)19(13-6-8-26-9-7-13)11-16-20(14)18(23)15(10-12(2)3)27-21(16)28(4,24)25;1-2/h12-16H,5-11H2,1-4H3;1-2H3/t14-,15+,16?;/m0./s1. The molecule has 3 fully saturated rings. The Bertz CT molecular complexity index is 707. The molecule has 3 rings (SSSR count). The van der Waals surface area contributed by atoms with Crippen molar-refractivity contribution in [1.82, 2.24) is 14.3 Å². The Hall–Kier alpha value is -1.23. The number of carbonyl (C=O) groups is 2. The van der Waals surface area contributed by atoms with Crippen molar-refractivity contribution >= 4 is 21.8 Å². The zero-order chi connectivity index (χ0) is 22.6. The van der Waals surface area contributed by atoms with E-state index in [0.717, 1.165) is 10.7 Å². The van der Waals surface area contributed by atoms with E-state index < -0.39 is 28.3 Å². The summed E-state index contributed by atoms with van der Waals surface area (Å²) in [5.74, 6) is -0.269. The summed E-state index contributed by atoms with van der Waals surface area (Å²) in [5.41, 5.74) is 0. The summed E-state index contributed by atoms with van der Waals surface area (Å²) in [6, 6.07) is -0.695. The minimum absolute atomic E-state index is 0.0117. The van der Waals surface area contributed by atoms with Gasteiger partial charge in [-0.15, -0.1) is 0 Å². The largest absolute Gasteiger partial charge is 0.381 e. The molecule has 0 N–H and O–H groups in total. The molecule has 3 atom stereocenters. The molecule has 0 spiro atoms. The second-order valence-corrected chi connectivity index (χ2v) is 10.1. The summed E-state index contributed by atoms with van der Waals surface area (Å²) >= 11 is 0. The molecule has 174 valence electrons. The molecule has 0 bridgehead atoms. The van der Waals surface area contributed by atoms with Crippen LogP contribution in [0.2, 0.25) is 0 Å². The summed E-state index contributed by atoms with van der Waals surface area (Å²) in [4.78, 5) is 35.3. The first kappa shape index (κ1) is 25.0. The van der Waals surface area contributed by atoms with Crippen molar-refractivity contribution in [1.29, 1.82) is 0 Å². The number of ether oxygens (including phenoxy) is 1. The van der Waals surface area contributed by atoms with Crippen molar-refractivity contribution in [2.75, 3.05) is 26.0 Å². The fourth-order valence-electron chi connectivity index (χ4n) is 4.32. The number of fused-ring (bicyclic) bond motifs is 1. The Morgan fingerprint density at radius 3 is 2.20 bits per heavy atom. The lowest BCUT2D eigenvalue weighted by Gasteiger charge is -2.54. The van der Waals surface area contributed by atoms with E-state index in [1.54, 1.807) is 4.90 Å². The molecule has 2 amide bonds. The molecule has 0 radical (unpaired) electrons. The van der Waals surface area contributed by atoms with E-state index in [-0.39, 0.29) is 30.3 Å². The summed E-state index contributed by atoms with van der Waals surface area (Å²) in [6.45, 7) is 11.0. The van der Waals surface area contributed by atoms with Gasteiger partial charge >= 0.3 is 0 Å². The topological polar surface area (TPSA) is 96.5 Å². The van der Waals surface area contributed by atoms with Crippen molar-refractivity contribution in [2.45, 2.75) is 84.7 Å². The highest BCUT2D eigenvalue weighted by molar-refractivity contribution is 7.88. The van der Waals surface area contributed by atoms with E-state index in [0.29, 0.717) is 38.9 Å². The van der Waals surface area contributed by atoms with Crippen LogP contribution in [0.3, 0.4) is 0 Å². The molecule has 3 saturated heterocycles. The second kappa shape index (κ2) is 10.4. The fraction of sp³-hybridized carbons (Fsp3) is 0.900. The minimum Gasteiger partial charge on any atom is -0.381 e. The number of hydrogen-bond donors (Lipinski definition) is 0. The average Bonchev–Trinajstić information content (AvgIpc) is 2.71. The van der Waals surface area contributed by atoms with E-state index in [2.05, 4.69) is 0 Å². The van der Waals surface area contributed by atoms with Crippen LogP contribution in [0.25, 0.3) is 0 Å². The van der Waals surface area contributed by atoms with Gasteiger partial charge in [0.1, 0.15) is 12.2 Å². The highest BCUT2D eigenvalue weighted by Crippen LogP contribution is 2.33. The molecule has 0 aromatic rings. The third kappa shape index (κ3) is 5.15. The number of sulfonamides is 1. The molecule has 9 nitrogen and oxygen atoms in total. The number of rotatable bonds is 5. The number of hydroxylamine groups is 1. The smallest absolute Gasteiger partial charge is 0.256 e. The Labute approximate surface area is 180 Å². The molecule has 10 heteroatoms. The van der Waals surface area contributed by atoms with Gasteiger partial charge in [0.15, 0.2) is 6.10 Å². The highest BCUT2D eigenvalue weighted by Gasteiger charge is 2.54. The summed E-state index contributed by atoms with van der Waals surface area (Å²) in [5, 5.41) is 0. The van der Waals surface area contributed by atoms with Gasteiger partial charge < -0.3 is 14.5 Å². The summed E-state index contributed by atoms with van der Waals surface area (Å²) in [7, 11) is -3.74. The minimum atomic E-state index is -3.74. The van der Waals surface area contributed by atoms with Crippen LogP contribution in [0.4, 0.5) is 0 Å². The predicted octanol–water partition coefficient (Wildman–Crippen LogP) is 1.59. The first-order valence-corrected chi connectivity index (χ1v) is 12.9. The van der Waals surface area contributed by atoms with Gasteiger partial charge in [-0.2, -0.15) is 0 Å². The van der Waals surface area contributed by atoms with E-state index in [1.165, 1.54) is 4.90 Å². The Balaban J connectivity index is 0.00000155. The van der Waals surface area contributed by atoms with Crippen LogP contribution < -0.4 is 0 Å². The van der Waals surface area contributed by atoms with Crippen molar-refractivity contribution in [3.8, 4) is 0 Å². The molecule has 3 aliphatic rings. The van der Waals surface area contributed by atoms with E-state index in [1.807, 2.05) is 34.6 Å². The van der Waals surface area contributed by atoms with Gasteiger partial charge in [0.25, 0.3) is 5.91 Å². The first-order chi connectivity index (χ1) is 14.1. The maximum Gasteiger partial charge on any atom is 0.256 e. The molecule has 1 unspecified atom stereocenters. The van der Waals surface area contributed by atoms with Crippen molar-refractivity contribution in [3.63, 3.8) is 0 Å². The van der Waals surface area contributed by atoms with Gasteiger partial charge in [0, 0.05) is 19.3 Å². The molecule has 0 aromatic carbocycles. The lowest BCUT2D eigenvalue weighted by molar-refractivity contribution is -0.248. The SMILES string of the molecule is CC.CC[C@H]1C(=O)N(C2CCOCC2)CC2N1C(=O)[C@@H](CC(C)C)ON2S(C)(=O)=O. The van der Waals surface area contributed by atoms with Crippen molar-refractivity contribution < 1.29 is 27.6 Å². The zero-order valence-corrected chi connectivity index (χ0v) is 19.9. The lowest BCUT2D eigenvalue weighted by Crippen LogP contribution is -2.74. The van der Waals surface area contributed by atoms with Crippen LogP contribution in [0.15, 0.2) is 0 Å². The van der Waals surface area contributed by atoms with Gasteiger partial charge in [-0.05, 0) is 31.6 Å². The number of nitrogens with zero attached hydrogens (tertiary/aromatic N) is 3. The van der Waals surface area contributed by atoms with Gasteiger partial charge in [0.05, 0.1) is 12.8 Å². The third-order valence-electron chi connectivity index (χ3n) is 5.62. The summed E-state index contributed by atoms with van der Waals surface area (Å²) in [6.07, 6.45) is 1.56. The van der Waals surface area contributed by atoms with Gasteiger partial charge in [-0.3, -0.25) is 14.4 Å². The monoisotopic (exact) mass is 447 g/mol. The quantitative estimate of drug-likeness (QED) is 0.635. The van der Waals surface area contributed by atoms with E-state index in [9.17, 15) is 18.0 Å². The predicted molar refractivity (Wildman–Crippen MR) is 113 cm³/mol. The van der Waals surface area contributed by atoms with Gasteiger partial charge in [-0.1, -0.05) is 39.1 Å². The number of piperazine rings is 1. The number of carbonyl (C=O) groups excluding carboxylic acids is 2. The van der Waals surface area contributed by atoms with Crippen LogP contribution in [0.1, 0.15) is 60.3 Å². The van der Waals surface area contributed by atoms with Crippen LogP contribution in [-0.4, -0.2) is 84.9 Å². The molecule has 3 aliphatic heterocycles. The summed E-state index contributed by atoms with van der Waals surface area (Å²) < 4.78 is 31.3. The Morgan fingerprint density at radius 2 is 1.70 bits per heavy atom. The van der Waals surface area contributed by atoms with Crippen LogP contribution in [-0.2, 0) is 29.2 Å². The van der Waals surface area contributed by atoms with Crippen LogP contribution >= 0.6 is 0 Å². The van der Waals surface area contributed by atoms with Gasteiger partial charge in [0.2, 0.25) is 15.9 Å². The molecular weight excluding hydrogens is 410 g/mol. The molecule has 0 aliphatic carbocycles. The average molecular weight is 448 g/mol. The van der Waals surface area contributed by atoms with Crippen LogP contribution in [0, 0.1) is 5.92 Å². The molecule has 0 saturated carbocycles. The first-order valence-electron chi connectivity index (χ1n) is 11.0. The fourth-order valence-corrected chi connectivity index (χ4v) is 5.19. The van der Waals surface area contributed by atoms with Crippen LogP contribution in [0.5, 0.6) is 0 Å². The normalized spacial score (nSPS) is 29.0. The molecule has 3 heterocycles. The second-order valence-electron chi connectivity index (χ2n) is 8.23.